The fourth-order valence-electron chi connectivity index (χ4n) is 5.07. The number of allylic oxidation sites excluding steroid dienone is 2. The van der Waals surface area contributed by atoms with Gasteiger partial charge in [0.15, 0.2) is 5.78 Å². The number of nitro benzene ring substituents is 1. The topological polar surface area (TPSA) is 98.9 Å². The molecule has 31 heavy (non-hydrogen) atoms. The lowest BCUT2D eigenvalue weighted by Gasteiger charge is -2.35. The van der Waals surface area contributed by atoms with Crippen LogP contribution in [0.25, 0.3) is 0 Å². The molecule has 3 aliphatic rings. The van der Waals surface area contributed by atoms with Gasteiger partial charge in [-0.3, -0.25) is 24.7 Å². The molecule has 4 rings (SSSR count). The third-order valence-electron chi connectivity index (χ3n) is 6.64. The number of hydrogen-bond acceptors (Lipinski definition) is 6. The Labute approximate surface area is 181 Å². The van der Waals surface area contributed by atoms with E-state index in [0.29, 0.717) is 29.7 Å². The van der Waals surface area contributed by atoms with E-state index < -0.39 is 16.8 Å². The van der Waals surface area contributed by atoms with Gasteiger partial charge in [0.1, 0.15) is 12.0 Å². The van der Waals surface area contributed by atoms with Gasteiger partial charge in [0.05, 0.1) is 4.92 Å². The maximum absolute atomic E-state index is 13.4. The lowest BCUT2D eigenvalue weighted by Crippen LogP contribution is -2.38. The minimum absolute atomic E-state index is 0.00752. The number of nitrogens with zero attached hydrogens (tertiary/aromatic N) is 2. The van der Waals surface area contributed by atoms with Crippen molar-refractivity contribution in [2.24, 2.45) is 10.9 Å². The summed E-state index contributed by atoms with van der Waals surface area (Å²) in [5.41, 5.74) is 2.66. The predicted octanol–water partition coefficient (Wildman–Crippen LogP) is 5.04. The molecule has 1 aromatic carbocycles. The summed E-state index contributed by atoms with van der Waals surface area (Å²) in [5, 5.41) is 11.1. The highest BCUT2D eigenvalue weighted by Crippen LogP contribution is 2.44. The highest BCUT2D eigenvalue weighted by atomic mass is 16.6. The van der Waals surface area contributed by atoms with Crippen LogP contribution in [-0.2, 0) is 14.3 Å². The zero-order chi connectivity index (χ0) is 22.0. The van der Waals surface area contributed by atoms with Crippen molar-refractivity contribution < 1.29 is 19.2 Å². The molecule has 1 heterocycles. The van der Waals surface area contributed by atoms with Crippen molar-refractivity contribution in [1.29, 1.82) is 0 Å². The number of ketones is 1. The molecule has 0 amide bonds. The molecule has 0 bridgehead atoms. The number of hydrogen-bond donors (Lipinski definition) is 0. The van der Waals surface area contributed by atoms with Crippen molar-refractivity contribution in [3.8, 4) is 0 Å². The highest BCUT2D eigenvalue weighted by Gasteiger charge is 2.43. The molecule has 2 aliphatic carbocycles. The minimum Gasteiger partial charge on any atom is -0.462 e. The number of non-ortho nitro benzene ring substituents is 1. The number of ether oxygens (including phenoxy) is 1. The van der Waals surface area contributed by atoms with Crippen molar-refractivity contribution >= 4 is 23.2 Å². The van der Waals surface area contributed by atoms with Crippen LogP contribution in [0.15, 0.2) is 40.5 Å². The fourth-order valence-corrected chi connectivity index (χ4v) is 5.07. The van der Waals surface area contributed by atoms with Crippen molar-refractivity contribution in [2.45, 2.75) is 76.7 Å². The third kappa shape index (κ3) is 4.45. The van der Waals surface area contributed by atoms with Gasteiger partial charge in [-0.25, -0.2) is 0 Å². The quantitative estimate of drug-likeness (QED) is 0.292. The summed E-state index contributed by atoms with van der Waals surface area (Å²) in [5.74, 6) is -1.54. The van der Waals surface area contributed by atoms with E-state index in [0.717, 1.165) is 50.6 Å². The Balaban J connectivity index is 1.70. The minimum atomic E-state index is -0.689. The number of benzene rings is 1. The van der Waals surface area contributed by atoms with E-state index in [2.05, 4.69) is 4.99 Å². The Kier molecular flexibility index (Phi) is 6.30. The SMILES string of the molecule is CC1=NC2=C(C(=O)CCC2)[C@H](c2ccc([N+](=O)[O-])cc2)C1C(=O)OC1CCCCCC1. The van der Waals surface area contributed by atoms with E-state index in [1.54, 1.807) is 12.1 Å². The summed E-state index contributed by atoms with van der Waals surface area (Å²) in [6, 6.07) is 6.16. The maximum Gasteiger partial charge on any atom is 0.315 e. The molecule has 1 saturated carbocycles. The number of carbonyl (C=O) groups excluding carboxylic acids is 2. The molecule has 0 radical (unpaired) electrons. The molecular formula is C24H28N2O5. The van der Waals surface area contributed by atoms with Crippen LogP contribution in [0.4, 0.5) is 5.69 Å². The fraction of sp³-hybridized carbons (Fsp3) is 0.542. The molecule has 1 fully saturated rings. The van der Waals surface area contributed by atoms with Gasteiger partial charge in [-0.1, -0.05) is 25.0 Å². The molecule has 164 valence electrons. The summed E-state index contributed by atoms with van der Waals surface area (Å²) in [4.78, 5) is 41.6. The second-order valence-corrected chi connectivity index (χ2v) is 8.74. The first kappa shape index (κ1) is 21.4. The number of rotatable bonds is 4. The molecule has 1 aliphatic heterocycles. The van der Waals surface area contributed by atoms with Crippen LogP contribution in [0.3, 0.4) is 0 Å². The van der Waals surface area contributed by atoms with E-state index in [9.17, 15) is 19.7 Å². The van der Waals surface area contributed by atoms with Crippen LogP contribution in [0.5, 0.6) is 0 Å². The average Bonchev–Trinajstić information content (AvgIpc) is 3.01. The molecule has 7 nitrogen and oxygen atoms in total. The molecule has 7 heteroatoms. The van der Waals surface area contributed by atoms with Crippen molar-refractivity contribution in [3.05, 3.63) is 51.2 Å². The second-order valence-electron chi connectivity index (χ2n) is 8.74. The Morgan fingerprint density at radius 3 is 2.39 bits per heavy atom. The van der Waals surface area contributed by atoms with Crippen molar-refractivity contribution in [2.75, 3.05) is 0 Å². The van der Waals surface area contributed by atoms with Crippen LogP contribution in [-0.4, -0.2) is 28.5 Å². The Hall–Kier alpha value is -2.83. The Morgan fingerprint density at radius 2 is 1.74 bits per heavy atom. The normalized spacial score (nSPS) is 24.8. The van der Waals surface area contributed by atoms with Gasteiger partial charge in [-0.15, -0.1) is 0 Å². The summed E-state index contributed by atoms with van der Waals surface area (Å²) in [7, 11) is 0. The number of nitro groups is 1. The van der Waals surface area contributed by atoms with E-state index in [-0.39, 0.29) is 23.5 Å². The molecule has 0 aromatic heterocycles. The molecule has 1 aromatic rings. The summed E-state index contributed by atoms with van der Waals surface area (Å²) in [6.45, 7) is 1.82. The summed E-state index contributed by atoms with van der Waals surface area (Å²) < 4.78 is 5.95. The van der Waals surface area contributed by atoms with Gasteiger partial charge in [-0.05, 0) is 51.0 Å². The highest BCUT2D eigenvalue weighted by molar-refractivity contribution is 6.08. The van der Waals surface area contributed by atoms with Gasteiger partial charge < -0.3 is 4.74 Å². The molecular weight excluding hydrogens is 396 g/mol. The first-order valence-corrected chi connectivity index (χ1v) is 11.2. The van der Waals surface area contributed by atoms with Gasteiger partial charge >= 0.3 is 5.97 Å². The Bertz CT molecular complexity index is 939. The zero-order valence-corrected chi connectivity index (χ0v) is 17.8. The summed E-state index contributed by atoms with van der Waals surface area (Å²) in [6.07, 6.45) is 7.93. The smallest absolute Gasteiger partial charge is 0.315 e. The van der Waals surface area contributed by atoms with Gasteiger partial charge in [-0.2, -0.15) is 0 Å². The predicted molar refractivity (Wildman–Crippen MR) is 116 cm³/mol. The lowest BCUT2D eigenvalue weighted by atomic mass is 9.71. The van der Waals surface area contributed by atoms with Crippen LogP contribution in [0, 0.1) is 16.0 Å². The second kappa shape index (κ2) is 9.12. The first-order valence-electron chi connectivity index (χ1n) is 11.2. The summed E-state index contributed by atoms with van der Waals surface area (Å²) >= 11 is 0. The van der Waals surface area contributed by atoms with Gasteiger partial charge in [0, 0.05) is 41.5 Å². The number of esters is 1. The molecule has 0 spiro atoms. The van der Waals surface area contributed by atoms with Crippen LogP contribution in [0.1, 0.15) is 76.2 Å². The third-order valence-corrected chi connectivity index (χ3v) is 6.64. The van der Waals surface area contributed by atoms with E-state index in [4.69, 9.17) is 4.74 Å². The average molecular weight is 424 g/mol. The largest absolute Gasteiger partial charge is 0.462 e. The lowest BCUT2D eigenvalue weighted by molar-refractivity contribution is -0.384. The monoisotopic (exact) mass is 424 g/mol. The van der Waals surface area contributed by atoms with E-state index in [1.165, 1.54) is 12.1 Å². The van der Waals surface area contributed by atoms with Crippen LogP contribution in [0.2, 0.25) is 0 Å². The molecule has 2 atom stereocenters. The zero-order valence-electron chi connectivity index (χ0n) is 17.8. The number of Topliss-reactive ketones (excluding diaryl/α,β-unsaturated/α-hetero) is 1. The molecule has 0 N–H and O–H groups in total. The van der Waals surface area contributed by atoms with Crippen molar-refractivity contribution in [1.82, 2.24) is 0 Å². The number of aliphatic imine (C=N–C) groups is 1. The van der Waals surface area contributed by atoms with Crippen LogP contribution < -0.4 is 0 Å². The standard InChI is InChI=1S/C24H28N2O5/c1-15-21(24(28)31-18-7-4-2-3-5-8-18)22(16-11-13-17(14-12-16)26(29)30)23-19(25-15)9-6-10-20(23)27/h11-14,18,21-22H,2-10H2,1H3/t21?,22-/m1/s1. The first-order chi connectivity index (χ1) is 15.0. The molecule has 1 unspecified atom stereocenters. The maximum atomic E-state index is 13.4. The van der Waals surface area contributed by atoms with Crippen molar-refractivity contribution in [3.63, 3.8) is 0 Å². The number of carbonyl (C=O) groups is 2. The Morgan fingerprint density at radius 1 is 1.06 bits per heavy atom. The van der Waals surface area contributed by atoms with Crippen LogP contribution >= 0.6 is 0 Å². The van der Waals surface area contributed by atoms with Gasteiger partial charge in [0.2, 0.25) is 0 Å². The van der Waals surface area contributed by atoms with Gasteiger partial charge in [0.25, 0.3) is 5.69 Å². The molecule has 0 saturated heterocycles. The van der Waals surface area contributed by atoms with E-state index >= 15 is 0 Å². The van der Waals surface area contributed by atoms with E-state index in [1.807, 2.05) is 6.92 Å².